The van der Waals surface area contributed by atoms with E-state index >= 15 is 0 Å². The number of rotatable bonds is 3. The minimum Gasteiger partial charge on any atom is -0.320 e. The maximum absolute atomic E-state index is 12.5. The lowest BCUT2D eigenvalue weighted by molar-refractivity contribution is -0.162. The lowest BCUT2D eigenvalue weighted by Crippen LogP contribution is -2.48. The Kier molecular flexibility index (Phi) is 4.47. The van der Waals surface area contributed by atoms with E-state index in [4.69, 9.17) is 5.73 Å². The largest absolute Gasteiger partial charge is 0.403 e. The second-order valence-electron chi connectivity index (χ2n) is 5.17. The molecule has 1 unspecified atom stereocenters. The Bertz CT molecular complexity index is 383. The molecule has 0 aromatic heterocycles. The van der Waals surface area contributed by atoms with Crippen molar-refractivity contribution >= 4 is 0 Å². The van der Waals surface area contributed by atoms with Gasteiger partial charge in [-0.25, -0.2) is 0 Å². The summed E-state index contributed by atoms with van der Waals surface area (Å²) in [4.78, 5) is 2.19. The van der Waals surface area contributed by atoms with Gasteiger partial charge in [-0.05, 0) is 37.4 Å². The topological polar surface area (TPSA) is 29.3 Å². The first-order valence-corrected chi connectivity index (χ1v) is 6.55. The molecule has 2 nitrogen and oxygen atoms in total. The van der Waals surface area contributed by atoms with Crippen molar-refractivity contribution in [2.45, 2.75) is 31.6 Å². The number of hydrogen-bond acceptors (Lipinski definition) is 2. The summed E-state index contributed by atoms with van der Waals surface area (Å²) < 4.78 is 37.6. The lowest BCUT2D eigenvalue weighted by Gasteiger charge is -2.35. The van der Waals surface area contributed by atoms with Crippen LogP contribution in [-0.2, 0) is 6.54 Å². The van der Waals surface area contributed by atoms with Crippen molar-refractivity contribution in [3.63, 3.8) is 0 Å². The molecule has 1 aromatic carbocycles. The number of halogens is 3. The first-order chi connectivity index (χ1) is 8.97. The molecule has 19 heavy (non-hydrogen) atoms. The van der Waals surface area contributed by atoms with Gasteiger partial charge in [0, 0.05) is 6.54 Å². The predicted octanol–water partition coefficient (Wildman–Crippen LogP) is 2.79. The van der Waals surface area contributed by atoms with Crippen LogP contribution in [0.5, 0.6) is 0 Å². The Hall–Kier alpha value is -1.07. The Morgan fingerprint density at radius 1 is 1.16 bits per heavy atom. The third-order valence-electron chi connectivity index (χ3n) is 3.77. The zero-order chi connectivity index (χ0) is 13.9. The van der Waals surface area contributed by atoms with Crippen molar-refractivity contribution in [2.75, 3.05) is 13.1 Å². The highest BCUT2D eigenvalue weighted by Gasteiger charge is 2.42. The molecule has 1 heterocycles. The number of nitrogens with zero attached hydrogens (tertiary/aromatic N) is 1. The molecule has 1 aliphatic rings. The molecule has 2 N–H and O–H groups in total. The summed E-state index contributed by atoms with van der Waals surface area (Å²) >= 11 is 0. The maximum atomic E-state index is 12.5. The van der Waals surface area contributed by atoms with Gasteiger partial charge < -0.3 is 5.73 Å². The molecule has 1 atom stereocenters. The highest BCUT2D eigenvalue weighted by Crippen LogP contribution is 2.30. The van der Waals surface area contributed by atoms with Crippen LogP contribution in [0.25, 0.3) is 0 Å². The van der Waals surface area contributed by atoms with E-state index in [1.165, 1.54) is 5.56 Å². The monoisotopic (exact) mass is 272 g/mol. The van der Waals surface area contributed by atoms with Crippen LogP contribution < -0.4 is 5.73 Å². The Labute approximate surface area is 111 Å². The Morgan fingerprint density at radius 3 is 2.26 bits per heavy atom. The highest BCUT2D eigenvalue weighted by molar-refractivity contribution is 5.14. The van der Waals surface area contributed by atoms with Crippen molar-refractivity contribution < 1.29 is 13.2 Å². The standard InChI is InChI=1S/C14H19F3N2/c15-14(16,17)13(18)12-6-8-19(9-7-12)10-11-4-2-1-3-5-11/h1-5,12-13H,6-10,18H2. The van der Waals surface area contributed by atoms with Crippen LogP contribution in [0.1, 0.15) is 18.4 Å². The van der Waals surface area contributed by atoms with Gasteiger partial charge in [0.1, 0.15) is 6.04 Å². The van der Waals surface area contributed by atoms with Gasteiger partial charge in [-0.2, -0.15) is 13.2 Å². The zero-order valence-electron chi connectivity index (χ0n) is 10.7. The number of benzene rings is 1. The SMILES string of the molecule is NC(C1CCN(Cc2ccccc2)CC1)C(F)(F)F. The minimum absolute atomic E-state index is 0.438. The van der Waals surface area contributed by atoms with E-state index in [9.17, 15) is 13.2 Å². The molecule has 2 rings (SSSR count). The molecule has 1 aliphatic heterocycles. The number of alkyl halides is 3. The van der Waals surface area contributed by atoms with Gasteiger partial charge in [0.15, 0.2) is 0 Å². The minimum atomic E-state index is -4.27. The molecular formula is C14H19F3N2. The van der Waals surface area contributed by atoms with Gasteiger partial charge >= 0.3 is 6.18 Å². The van der Waals surface area contributed by atoms with Crippen molar-refractivity contribution in [3.8, 4) is 0 Å². The van der Waals surface area contributed by atoms with Crippen molar-refractivity contribution in [2.24, 2.45) is 11.7 Å². The smallest absolute Gasteiger partial charge is 0.320 e. The normalized spacial score (nSPS) is 20.4. The second-order valence-corrected chi connectivity index (χ2v) is 5.17. The van der Waals surface area contributed by atoms with Crippen LogP contribution in [0.4, 0.5) is 13.2 Å². The van der Waals surface area contributed by atoms with E-state index in [0.717, 1.165) is 6.54 Å². The summed E-state index contributed by atoms with van der Waals surface area (Å²) in [5.74, 6) is -0.438. The summed E-state index contributed by atoms with van der Waals surface area (Å²) in [7, 11) is 0. The summed E-state index contributed by atoms with van der Waals surface area (Å²) in [6, 6.07) is 8.30. The fourth-order valence-corrected chi connectivity index (χ4v) is 2.58. The Balaban J connectivity index is 1.83. The zero-order valence-corrected chi connectivity index (χ0v) is 10.7. The van der Waals surface area contributed by atoms with E-state index < -0.39 is 18.1 Å². The quantitative estimate of drug-likeness (QED) is 0.916. The third-order valence-corrected chi connectivity index (χ3v) is 3.77. The van der Waals surface area contributed by atoms with E-state index in [2.05, 4.69) is 4.90 Å². The highest BCUT2D eigenvalue weighted by atomic mass is 19.4. The van der Waals surface area contributed by atoms with Gasteiger partial charge in [0.25, 0.3) is 0 Å². The Morgan fingerprint density at radius 2 is 1.74 bits per heavy atom. The molecule has 1 fully saturated rings. The van der Waals surface area contributed by atoms with Gasteiger partial charge in [-0.15, -0.1) is 0 Å². The molecular weight excluding hydrogens is 253 g/mol. The summed E-state index contributed by atoms with van der Waals surface area (Å²) in [6.45, 7) is 2.17. The van der Waals surface area contributed by atoms with Crippen LogP contribution in [0.15, 0.2) is 30.3 Å². The van der Waals surface area contributed by atoms with Gasteiger partial charge in [0.2, 0.25) is 0 Å². The molecule has 1 aromatic rings. The number of likely N-dealkylation sites (tertiary alicyclic amines) is 1. The van der Waals surface area contributed by atoms with Crippen LogP contribution in [0, 0.1) is 5.92 Å². The van der Waals surface area contributed by atoms with E-state index in [-0.39, 0.29) is 0 Å². The van der Waals surface area contributed by atoms with Crippen molar-refractivity contribution in [1.29, 1.82) is 0 Å². The molecule has 5 heteroatoms. The van der Waals surface area contributed by atoms with Crippen LogP contribution in [-0.4, -0.2) is 30.2 Å². The second kappa shape index (κ2) is 5.92. The summed E-state index contributed by atoms with van der Waals surface area (Å²) in [5, 5.41) is 0. The van der Waals surface area contributed by atoms with E-state index in [0.29, 0.717) is 25.9 Å². The van der Waals surface area contributed by atoms with Gasteiger partial charge in [-0.1, -0.05) is 30.3 Å². The molecule has 0 amide bonds. The molecule has 0 spiro atoms. The molecule has 1 saturated heterocycles. The fourth-order valence-electron chi connectivity index (χ4n) is 2.58. The van der Waals surface area contributed by atoms with Gasteiger partial charge in [-0.3, -0.25) is 4.90 Å². The van der Waals surface area contributed by atoms with Crippen LogP contribution >= 0.6 is 0 Å². The number of hydrogen-bond donors (Lipinski definition) is 1. The van der Waals surface area contributed by atoms with E-state index in [1.54, 1.807) is 0 Å². The first kappa shape index (κ1) is 14.3. The number of piperidine rings is 1. The van der Waals surface area contributed by atoms with Gasteiger partial charge in [0.05, 0.1) is 0 Å². The average Bonchev–Trinajstić information content (AvgIpc) is 2.39. The summed E-state index contributed by atoms with van der Waals surface area (Å²) in [5.41, 5.74) is 6.48. The predicted molar refractivity (Wildman–Crippen MR) is 68.5 cm³/mol. The molecule has 0 bridgehead atoms. The number of nitrogens with two attached hydrogens (primary N) is 1. The van der Waals surface area contributed by atoms with Crippen molar-refractivity contribution in [1.82, 2.24) is 4.90 Å². The summed E-state index contributed by atoms with van der Waals surface area (Å²) in [6.07, 6.45) is -3.23. The van der Waals surface area contributed by atoms with Crippen LogP contribution in [0.2, 0.25) is 0 Å². The van der Waals surface area contributed by atoms with Crippen LogP contribution in [0.3, 0.4) is 0 Å². The first-order valence-electron chi connectivity index (χ1n) is 6.55. The molecule has 0 aliphatic carbocycles. The average molecular weight is 272 g/mol. The van der Waals surface area contributed by atoms with E-state index in [1.807, 2.05) is 30.3 Å². The molecule has 0 radical (unpaired) electrons. The molecule has 0 saturated carbocycles. The fraction of sp³-hybridized carbons (Fsp3) is 0.571. The third kappa shape index (κ3) is 3.94. The lowest BCUT2D eigenvalue weighted by atomic mass is 9.89. The maximum Gasteiger partial charge on any atom is 0.403 e. The molecule has 106 valence electrons. The van der Waals surface area contributed by atoms with Crippen molar-refractivity contribution in [3.05, 3.63) is 35.9 Å².